The van der Waals surface area contributed by atoms with E-state index in [2.05, 4.69) is 10.3 Å². The van der Waals surface area contributed by atoms with Crippen LogP contribution in [-0.2, 0) is 0 Å². The third kappa shape index (κ3) is 5.07. The fourth-order valence-electron chi connectivity index (χ4n) is 1.66. The summed E-state index contributed by atoms with van der Waals surface area (Å²) in [6.45, 7) is 0.352. The molecule has 1 heterocycles. The number of amides is 1. The van der Waals surface area contributed by atoms with Crippen LogP contribution in [0.2, 0.25) is 10.0 Å². The first-order valence-electron chi connectivity index (χ1n) is 6.04. The van der Waals surface area contributed by atoms with Gasteiger partial charge in [0.1, 0.15) is 5.01 Å². The molecule has 1 aromatic heterocycles. The lowest BCUT2D eigenvalue weighted by molar-refractivity contribution is 0.194. The van der Waals surface area contributed by atoms with Crippen LogP contribution in [0.25, 0.3) is 0 Å². The third-order valence-electron chi connectivity index (χ3n) is 2.57. The number of hydrogen-bond acceptors (Lipinski definition) is 4. The second-order valence-corrected chi connectivity index (χ2v) is 7.09. The van der Waals surface area contributed by atoms with Crippen LogP contribution in [0.15, 0.2) is 34.7 Å². The Bertz CT molecular complexity index is 608. The van der Waals surface area contributed by atoms with Crippen LogP contribution >= 0.6 is 46.3 Å². The predicted octanol–water partition coefficient (Wildman–Crippen LogP) is 4.94. The Labute approximate surface area is 140 Å². The summed E-state index contributed by atoms with van der Waals surface area (Å²) in [6, 6.07) is 5.29. The van der Waals surface area contributed by atoms with E-state index in [0.717, 1.165) is 9.90 Å². The first kappa shape index (κ1) is 16.4. The van der Waals surface area contributed by atoms with Gasteiger partial charge in [-0.2, -0.15) is 0 Å². The summed E-state index contributed by atoms with van der Waals surface area (Å²) < 4.78 is 0. The summed E-state index contributed by atoms with van der Waals surface area (Å²) in [5.74, 6) is 0. The van der Waals surface area contributed by atoms with Crippen molar-refractivity contribution < 1.29 is 9.90 Å². The lowest BCUT2D eigenvalue weighted by Crippen LogP contribution is -2.22. The van der Waals surface area contributed by atoms with Crippen LogP contribution in [0.3, 0.4) is 0 Å². The van der Waals surface area contributed by atoms with Gasteiger partial charge in [-0.15, -0.1) is 23.1 Å². The van der Waals surface area contributed by atoms with E-state index >= 15 is 0 Å². The van der Waals surface area contributed by atoms with Crippen LogP contribution in [-0.4, -0.2) is 22.7 Å². The van der Waals surface area contributed by atoms with Crippen molar-refractivity contribution in [1.82, 2.24) is 10.3 Å². The lowest BCUT2D eigenvalue weighted by atomic mass is 10.3. The second kappa shape index (κ2) is 7.89. The molecule has 0 radical (unpaired) electrons. The fraction of sp³-hybridized carbons (Fsp3) is 0.231. The molecule has 0 bridgehead atoms. The summed E-state index contributed by atoms with van der Waals surface area (Å²) in [5, 5.41) is 15.1. The van der Waals surface area contributed by atoms with Crippen molar-refractivity contribution in [3.05, 3.63) is 44.8 Å². The number of rotatable bonds is 6. The van der Waals surface area contributed by atoms with Gasteiger partial charge in [0.15, 0.2) is 0 Å². The molecule has 0 aliphatic rings. The minimum atomic E-state index is -1.03. The van der Waals surface area contributed by atoms with E-state index in [1.165, 1.54) is 23.1 Å². The highest BCUT2D eigenvalue weighted by Gasteiger charge is 2.18. The highest BCUT2D eigenvalue weighted by molar-refractivity contribution is 7.99. The van der Waals surface area contributed by atoms with Gasteiger partial charge in [0, 0.05) is 28.0 Å². The number of halogens is 2. The summed E-state index contributed by atoms with van der Waals surface area (Å²) in [5.41, 5.74) is 0. The normalized spacial score (nSPS) is 12.1. The molecule has 1 amide bonds. The van der Waals surface area contributed by atoms with E-state index in [4.69, 9.17) is 28.3 Å². The first-order chi connectivity index (χ1) is 10.1. The lowest BCUT2D eigenvalue weighted by Gasteiger charge is -2.15. The van der Waals surface area contributed by atoms with Gasteiger partial charge in [0.2, 0.25) is 0 Å². The molecule has 2 N–H and O–H groups in total. The zero-order chi connectivity index (χ0) is 15.2. The molecule has 4 nitrogen and oxygen atoms in total. The van der Waals surface area contributed by atoms with Crippen LogP contribution in [0.4, 0.5) is 4.79 Å². The topological polar surface area (TPSA) is 62.2 Å². The molecule has 0 aliphatic heterocycles. The number of carboxylic acid groups (broad SMARTS) is 1. The Morgan fingerprint density at radius 1 is 1.48 bits per heavy atom. The summed E-state index contributed by atoms with van der Waals surface area (Å²) in [7, 11) is 0. The number of aromatic nitrogens is 1. The SMILES string of the molecule is O=C(O)NCC[C@@H](Sc1cc(Cl)ccc1Cl)c1nccs1. The van der Waals surface area contributed by atoms with Crippen molar-refractivity contribution in [3.63, 3.8) is 0 Å². The Morgan fingerprint density at radius 3 is 2.95 bits per heavy atom. The van der Waals surface area contributed by atoms with E-state index in [1.54, 1.807) is 24.4 Å². The van der Waals surface area contributed by atoms with Crippen molar-refractivity contribution in [2.24, 2.45) is 0 Å². The molecule has 0 saturated heterocycles. The average molecular weight is 363 g/mol. The van der Waals surface area contributed by atoms with Gasteiger partial charge in [-0.05, 0) is 24.6 Å². The first-order valence-corrected chi connectivity index (χ1v) is 8.55. The Hall–Kier alpha value is -0.950. The highest BCUT2D eigenvalue weighted by atomic mass is 35.5. The van der Waals surface area contributed by atoms with E-state index in [1.807, 2.05) is 5.38 Å². The summed E-state index contributed by atoms with van der Waals surface area (Å²) in [6.07, 6.45) is 1.32. The van der Waals surface area contributed by atoms with Gasteiger partial charge in [-0.25, -0.2) is 9.78 Å². The van der Waals surface area contributed by atoms with Crippen molar-refractivity contribution in [3.8, 4) is 0 Å². The highest BCUT2D eigenvalue weighted by Crippen LogP contribution is 2.42. The number of hydrogen-bond donors (Lipinski definition) is 2. The zero-order valence-electron chi connectivity index (χ0n) is 10.8. The van der Waals surface area contributed by atoms with Crippen LogP contribution < -0.4 is 5.32 Å². The molecule has 0 spiro atoms. The molecule has 0 aliphatic carbocycles. The molecule has 2 aromatic rings. The second-order valence-electron chi connectivity index (χ2n) is 4.07. The summed E-state index contributed by atoms with van der Waals surface area (Å²) in [4.78, 5) is 15.7. The van der Waals surface area contributed by atoms with Crippen molar-refractivity contribution in [1.29, 1.82) is 0 Å². The molecule has 1 aromatic carbocycles. The van der Waals surface area contributed by atoms with E-state index in [0.29, 0.717) is 23.0 Å². The monoisotopic (exact) mass is 362 g/mol. The minimum absolute atomic E-state index is 0.0211. The van der Waals surface area contributed by atoms with Gasteiger partial charge < -0.3 is 10.4 Å². The Balaban J connectivity index is 2.12. The molecule has 0 unspecified atom stereocenters. The van der Waals surface area contributed by atoms with E-state index in [-0.39, 0.29) is 5.25 Å². The van der Waals surface area contributed by atoms with Crippen molar-refractivity contribution in [2.45, 2.75) is 16.6 Å². The number of benzene rings is 1. The maximum atomic E-state index is 10.6. The number of carbonyl (C=O) groups is 1. The van der Waals surface area contributed by atoms with Crippen molar-refractivity contribution >= 4 is 52.4 Å². The van der Waals surface area contributed by atoms with Gasteiger partial charge in [-0.1, -0.05) is 23.2 Å². The van der Waals surface area contributed by atoms with Crippen LogP contribution in [0, 0.1) is 0 Å². The van der Waals surface area contributed by atoms with Gasteiger partial charge in [0.05, 0.1) is 10.3 Å². The van der Waals surface area contributed by atoms with Crippen molar-refractivity contribution in [2.75, 3.05) is 6.54 Å². The molecule has 0 fully saturated rings. The molecule has 1 atom stereocenters. The maximum absolute atomic E-state index is 10.6. The average Bonchev–Trinajstić information content (AvgIpc) is 2.95. The van der Waals surface area contributed by atoms with E-state index < -0.39 is 6.09 Å². The Kier molecular flexibility index (Phi) is 6.17. The molecule has 112 valence electrons. The quantitative estimate of drug-likeness (QED) is 0.714. The van der Waals surface area contributed by atoms with Gasteiger partial charge in [0.25, 0.3) is 0 Å². The number of nitrogens with one attached hydrogen (secondary N) is 1. The summed E-state index contributed by atoms with van der Waals surface area (Å²) >= 11 is 15.2. The van der Waals surface area contributed by atoms with Crippen LogP contribution in [0.1, 0.15) is 16.7 Å². The molecule has 21 heavy (non-hydrogen) atoms. The predicted molar refractivity (Wildman–Crippen MR) is 87.8 cm³/mol. The molecule has 8 heteroatoms. The fourth-order valence-corrected chi connectivity index (χ4v) is 4.19. The van der Waals surface area contributed by atoms with E-state index in [9.17, 15) is 4.79 Å². The number of thiazole rings is 1. The smallest absolute Gasteiger partial charge is 0.404 e. The molecule has 0 saturated carbocycles. The van der Waals surface area contributed by atoms with Crippen LogP contribution in [0.5, 0.6) is 0 Å². The Morgan fingerprint density at radius 2 is 2.29 bits per heavy atom. The zero-order valence-corrected chi connectivity index (χ0v) is 13.9. The number of thioether (sulfide) groups is 1. The van der Waals surface area contributed by atoms with Gasteiger partial charge >= 0.3 is 6.09 Å². The molecule has 2 rings (SSSR count). The van der Waals surface area contributed by atoms with Gasteiger partial charge in [-0.3, -0.25) is 0 Å². The molecular weight excluding hydrogens is 351 g/mol. The third-order valence-corrected chi connectivity index (χ3v) is 5.62. The standard InChI is InChI=1S/C13H12Cl2N2O2S2/c14-8-1-2-9(15)11(7-8)21-10(3-4-17-13(18)19)12-16-5-6-20-12/h1-2,5-7,10,17H,3-4H2,(H,18,19)/t10-/m1/s1. The minimum Gasteiger partial charge on any atom is -0.465 e. The maximum Gasteiger partial charge on any atom is 0.404 e. The number of nitrogens with zero attached hydrogens (tertiary/aromatic N) is 1. The largest absolute Gasteiger partial charge is 0.465 e. The molecular formula is C13H12Cl2N2O2S2.